The molecule has 0 aliphatic heterocycles. The molecule has 4 nitrogen and oxygen atoms in total. The molecule has 0 saturated heterocycles. The Balaban J connectivity index is 2.07. The first-order valence-electron chi connectivity index (χ1n) is 7.11. The van der Waals surface area contributed by atoms with Crippen LogP contribution in [-0.4, -0.2) is 23.3 Å². The smallest absolute Gasteiger partial charge is 0.244 e. The molecule has 0 saturated carbocycles. The molecule has 2 aromatic rings. The van der Waals surface area contributed by atoms with Crippen molar-refractivity contribution in [2.45, 2.75) is 13.5 Å². The summed E-state index contributed by atoms with van der Waals surface area (Å²) in [6.07, 6.45) is 0. The number of nitrogens with one attached hydrogen (secondary N) is 1. The Bertz CT molecular complexity index is 765. The lowest BCUT2D eigenvalue weighted by Crippen LogP contribution is -2.36. The van der Waals surface area contributed by atoms with E-state index in [0.29, 0.717) is 15.7 Å². The molecule has 7 heteroatoms. The van der Waals surface area contributed by atoms with Crippen LogP contribution in [0.5, 0.6) is 0 Å². The third-order valence-electron chi connectivity index (χ3n) is 3.32. The number of halogens is 3. The van der Waals surface area contributed by atoms with Gasteiger partial charge in [-0.3, -0.25) is 9.59 Å². The second kappa shape index (κ2) is 8.38. The molecule has 0 fully saturated rings. The first-order valence-corrected chi connectivity index (χ1v) is 8.24. The molecular formula is C17H15Cl3N2O2. The van der Waals surface area contributed by atoms with Gasteiger partial charge in [-0.05, 0) is 23.8 Å². The molecule has 2 amide bonds. The zero-order chi connectivity index (χ0) is 17.7. The molecule has 2 aromatic carbocycles. The van der Waals surface area contributed by atoms with Gasteiger partial charge in [0.2, 0.25) is 11.8 Å². The standard InChI is InChI=1S/C17H15Cl3N2O2/c1-11(23)22(9-12-5-2-3-6-13(12)18)10-16(24)21-15-8-4-7-14(19)17(15)20/h2-8H,9-10H2,1H3,(H,21,24). The van der Waals surface area contributed by atoms with E-state index in [0.717, 1.165) is 5.56 Å². The number of rotatable bonds is 5. The summed E-state index contributed by atoms with van der Waals surface area (Å²) in [4.78, 5) is 25.4. The maximum atomic E-state index is 12.2. The highest BCUT2D eigenvalue weighted by Crippen LogP contribution is 2.29. The Hall–Kier alpha value is -1.75. The van der Waals surface area contributed by atoms with E-state index in [2.05, 4.69) is 5.32 Å². The van der Waals surface area contributed by atoms with Gasteiger partial charge in [0, 0.05) is 18.5 Å². The van der Waals surface area contributed by atoms with Crippen LogP contribution < -0.4 is 5.32 Å². The predicted octanol–water partition coefficient (Wildman–Crippen LogP) is 4.63. The van der Waals surface area contributed by atoms with Gasteiger partial charge in [-0.1, -0.05) is 59.1 Å². The first kappa shape index (κ1) is 18.6. The fourth-order valence-corrected chi connectivity index (χ4v) is 2.62. The summed E-state index contributed by atoms with van der Waals surface area (Å²) in [6.45, 7) is 1.52. The van der Waals surface area contributed by atoms with Crippen molar-refractivity contribution in [3.05, 3.63) is 63.1 Å². The number of carbonyl (C=O) groups excluding carboxylic acids is 2. The lowest BCUT2D eigenvalue weighted by Gasteiger charge is -2.21. The Morgan fingerprint density at radius 3 is 2.33 bits per heavy atom. The second-order valence-electron chi connectivity index (χ2n) is 5.12. The van der Waals surface area contributed by atoms with Gasteiger partial charge in [0.25, 0.3) is 0 Å². The van der Waals surface area contributed by atoms with Crippen molar-refractivity contribution in [2.75, 3.05) is 11.9 Å². The molecule has 0 unspecified atom stereocenters. The van der Waals surface area contributed by atoms with Crippen molar-refractivity contribution in [3.63, 3.8) is 0 Å². The minimum Gasteiger partial charge on any atom is -0.329 e. The number of nitrogens with zero attached hydrogens (tertiary/aromatic N) is 1. The van der Waals surface area contributed by atoms with Crippen LogP contribution in [0.1, 0.15) is 12.5 Å². The van der Waals surface area contributed by atoms with Crippen LogP contribution in [-0.2, 0) is 16.1 Å². The van der Waals surface area contributed by atoms with Gasteiger partial charge in [0.1, 0.15) is 6.54 Å². The fourth-order valence-electron chi connectivity index (χ4n) is 2.07. The molecule has 1 N–H and O–H groups in total. The van der Waals surface area contributed by atoms with Gasteiger partial charge < -0.3 is 10.2 Å². The van der Waals surface area contributed by atoms with Crippen LogP contribution in [0.3, 0.4) is 0 Å². The summed E-state index contributed by atoms with van der Waals surface area (Å²) < 4.78 is 0. The van der Waals surface area contributed by atoms with E-state index in [1.165, 1.54) is 11.8 Å². The molecule has 0 spiro atoms. The van der Waals surface area contributed by atoms with Crippen LogP contribution in [0.2, 0.25) is 15.1 Å². The number of hydrogen-bond donors (Lipinski definition) is 1. The summed E-state index contributed by atoms with van der Waals surface area (Å²) in [5.74, 6) is -0.608. The van der Waals surface area contributed by atoms with E-state index >= 15 is 0 Å². The second-order valence-corrected chi connectivity index (χ2v) is 6.31. The van der Waals surface area contributed by atoms with E-state index in [9.17, 15) is 9.59 Å². The summed E-state index contributed by atoms with van der Waals surface area (Å²) in [5.41, 5.74) is 1.17. The molecule has 0 aliphatic carbocycles. The normalized spacial score (nSPS) is 10.3. The first-order chi connectivity index (χ1) is 11.4. The van der Waals surface area contributed by atoms with Crippen LogP contribution in [0.25, 0.3) is 0 Å². The molecular weight excluding hydrogens is 371 g/mol. The Labute approximate surface area is 155 Å². The number of amides is 2. The number of anilines is 1. The van der Waals surface area contributed by atoms with E-state index in [-0.39, 0.29) is 29.9 Å². The summed E-state index contributed by atoms with van der Waals surface area (Å²) >= 11 is 18.1. The zero-order valence-electron chi connectivity index (χ0n) is 12.9. The predicted molar refractivity (Wildman–Crippen MR) is 97.6 cm³/mol. The zero-order valence-corrected chi connectivity index (χ0v) is 15.1. The van der Waals surface area contributed by atoms with Crippen molar-refractivity contribution in [3.8, 4) is 0 Å². The van der Waals surface area contributed by atoms with Gasteiger partial charge in [-0.2, -0.15) is 0 Å². The maximum Gasteiger partial charge on any atom is 0.244 e. The van der Waals surface area contributed by atoms with Crippen molar-refractivity contribution in [2.24, 2.45) is 0 Å². The molecule has 24 heavy (non-hydrogen) atoms. The van der Waals surface area contributed by atoms with Crippen LogP contribution in [0.4, 0.5) is 5.69 Å². The lowest BCUT2D eigenvalue weighted by molar-refractivity contribution is -0.133. The topological polar surface area (TPSA) is 49.4 Å². The average Bonchev–Trinajstić information content (AvgIpc) is 2.53. The summed E-state index contributed by atoms with van der Waals surface area (Å²) in [6, 6.07) is 12.1. The highest BCUT2D eigenvalue weighted by atomic mass is 35.5. The van der Waals surface area contributed by atoms with Gasteiger partial charge in [-0.15, -0.1) is 0 Å². The van der Waals surface area contributed by atoms with Crippen LogP contribution in [0.15, 0.2) is 42.5 Å². The number of hydrogen-bond acceptors (Lipinski definition) is 2. The van der Waals surface area contributed by atoms with E-state index in [1.807, 2.05) is 12.1 Å². The van der Waals surface area contributed by atoms with Crippen molar-refractivity contribution < 1.29 is 9.59 Å². The monoisotopic (exact) mass is 384 g/mol. The van der Waals surface area contributed by atoms with Crippen molar-refractivity contribution >= 4 is 52.3 Å². The Morgan fingerprint density at radius 1 is 1.00 bits per heavy atom. The highest BCUT2D eigenvalue weighted by molar-refractivity contribution is 6.44. The number of benzene rings is 2. The van der Waals surface area contributed by atoms with Crippen LogP contribution >= 0.6 is 34.8 Å². The molecule has 126 valence electrons. The highest BCUT2D eigenvalue weighted by Gasteiger charge is 2.16. The quantitative estimate of drug-likeness (QED) is 0.815. The van der Waals surface area contributed by atoms with Gasteiger partial charge in [0.05, 0.1) is 15.7 Å². The molecule has 0 aliphatic rings. The van der Waals surface area contributed by atoms with Gasteiger partial charge in [0.15, 0.2) is 0 Å². The molecule has 0 atom stereocenters. The Kier molecular flexibility index (Phi) is 6.49. The van der Waals surface area contributed by atoms with Gasteiger partial charge >= 0.3 is 0 Å². The number of carbonyl (C=O) groups is 2. The van der Waals surface area contributed by atoms with E-state index in [4.69, 9.17) is 34.8 Å². The summed E-state index contributed by atoms with van der Waals surface area (Å²) in [7, 11) is 0. The Morgan fingerprint density at radius 2 is 1.67 bits per heavy atom. The third kappa shape index (κ3) is 4.87. The van der Waals surface area contributed by atoms with Crippen LogP contribution in [0, 0.1) is 0 Å². The average molecular weight is 386 g/mol. The minimum absolute atomic E-state index is 0.122. The third-order valence-corrected chi connectivity index (χ3v) is 4.51. The fraction of sp³-hybridized carbons (Fsp3) is 0.176. The lowest BCUT2D eigenvalue weighted by atomic mass is 10.2. The van der Waals surface area contributed by atoms with E-state index < -0.39 is 0 Å². The molecule has 0 radical (unpaired) electrons. The van der Waals surface area contributed by atoms with E-state index in [1.54, 1.807) is 30.3 Å². The summed E-state index contributed by atoms with van der Waals surface area (Å²) in [5, 5.41) is 3.80. The largest absolute Gasteiger partial charge is 0.329 e. The SMILES string of the molecule is CC(=O)N(CC(=O)Nc1cccc(Cl)c1Cl)Cc1ccccc1Cl. The van der Waals surface area contributed by atoms with Crippen molar-refractivity contribution in [1.82, 2.24) is 4.90 Å². The maximum absolute atomic E-state index is 12.2. The molecule has 2 rings (SSSR count). The molecule has 0 bridgehead atoms. The van der Waals surface area contributed by atoms with Gasteiger partial charge in [-0.25, -0.2) is 0 Å². The molecule has 0 aromatic heterocycles. The van der Waals surface area contributed by atoms with Crippen molar-refractivity contribution in [1.29, 1.82) is 0 Å². The molecule has 0 heterocycles. The minimum atomic E-state index is -0.374.